The minimum atomic E-state index is -0.372. The molecule has 5 nitrogen and oxygen atoms in total. The van der Waals surface area contributed by atoms with Crippen LogP contribution in [0.15, 0.2) is 18.3 Å². The smallest absolute Gasteiger partial charge is 0.858 e. The Bertz CT molecular complexity index is 527. The Balaban J connectivity index is 0.000000980. The van der Waals surface area contributed by atoms with Crippen molar-refractivity contribution in [3.63, 3.8) is 0 Å². The summed E-state index contributed by atoms with van der Waals surface area (Å²) in [6, 6.07) is 3.25. The van der Waals surface area contributed by atoms with Crippen molar-refractivity contribution >= 4 is 23.3 Å². The Kier molecular flexibility index (Phi) is 3.99. The fraction of sp³-hybridized carbons (Fsp3) is 0. The van der Waals surface area contributed by atoms with Crippen LogP contribution < -0.4 is 62.3 Å². The summed E-state index contributed by atoms with van der Waals surface area (Å²) in [7, 11) is 0. The van der Waals surface area contributed by atoms with Crippen molar-refractivity contribution < 1.29 is 56.5 Å². The average molecular weight is 232 g/mol. The van der Waals surface area contributed by atoms with Crippen LogP contribution in [0.25, 0.3) is 11.0 Å². The van der Waals surface area contributed by atoms with Crippen LogP contribution in [0.5, 0.6) is 5.88 Å². The van der Waals surface area contributed by atoms with Crippen LogP contribution in [-0.4, -0.2) is 14.6 Å². The van der Waals surface area contributed by atoms with Crippen molar-refractivity contribution in [3.8, 4) is 5.88 Å². The van der Waals surface area contributed by atoms with Crippen LogP contribution >= 0.6 is 12.2 Å². The molecule has 2 heterocycles. The van der Waals surface area contributed by atoms with Crippen LogP contribution in [0.4, 0.5) is 0 Å². The molecular weight excluding hydrogens is 227 g/mol. The first-order valence-corrected chi connectivity index (χ1v) is 3.91. The minimum Gasteiger partial charge on any atom is -0.858 e. The molecule has 7 heteroatoms. The van der Waals surface area contributed by atoms with Gasteiger partial charge in [-0.15, -0.1) is 0 Å². The molecular formula is C7H5KN4OS. The SMILES string of the molecule is Nn1c([O-])c2cccnc2nc1=S.[K+]. The quantitative estimate of drug-likeness (QED) is 0.297. The number of rotatable bonds is 0. The third-order valence-corrected chi connectivity index (χ3v) is 1.93. The van der Waals surface area contributed by atoms with Crippen molar-refractivity contribution in [2.45, 2.75) is 0 Å². The van der Waals surface area contributed by atoms with Gasteiger partial charge in [-0.1, -0.05) is 0 Å². The van der Waals surface area contributed by atoms with Crippen LogP contribution in [0.2, 0.25) is 0 Å². The summed E-state index contributed by atoms with van der Waals surface area (Å²) < 4.78 is 0.871. The molecule has 0 radical (unpaired) electrons. The van der Waals surface area contributed by atoms with E-state index < -0.39 is 0 Å². The summed E-state index contributed by atoms with van der Waals surface area (Å²) in [5.41, 5.74) is 0.333. The second-order valence-corrected chi connectivity index (χ2v) is 2.81. The molecule has 0 fully saturated rings. The standard InChI is InChI=1S/C7H6N4OS.K/c8-11-6(12)4-2-1-3-9-5(4)10-7(11)13;/h1-3,12H,8H2;/q;+1/p-1. The number of nitrogens with zero attached hydrogens (tertiary/aromatic N) is 3. The number of fused-ring (bicyclic) bond motifs is 1. The van der Waals surface area contributed by atoms with Gasteiger partial charge in [-0.25, -0.2) is 9.66 Å². The molecule has 2 aromatic heterocycles. The summed E-state index contributed by atoms with van der Waals surface area (Å²) in [5.74, 6) is 4.99. The second kappa shape index (κ2) is 4.64. The van der Waals surface area contributed by atoms with Crippen molar-refractivity contribution in [3.05, 3.63) is 23.1 Å². The minimum absolute atomic E-state index is 0. The third kappa shape index (κ3) is 1.97. The molecule has 14 heavy (non-hydrogen) atoms. The molecule has 0 saturated heterocycles. The summed E-state index contributed by atoms with van der Waals surface area (Å²) in [4.78, 5) is 7.78. The zero-order valence-electron chi connectivity index (χ0n) is 7.47. The Morgan fingerprint density at radius 1 is 1.50 bits per heavy atom. The van der Waals surface area contributed by atoms with E-state index in [2.05, 4.69) is 9.97 Å². The second-order valence-electron chi connectivity index (χ2n) is 2.44. The molecule has 0 amide bonds. The number of nitrogen functional groups attached to an aromatic ring is 1. The summed E-state index contributed by atoms with van der Waals surface area (Å²) >= 11 is 4.76. The largest absolute Gasteiger partial charge is 1.00 e. The van der Waals surface area contributed by atoms with Gasteiger partial charge in [0.15, 0.2) is 5.65 Å². The van der Waals surface area contributed by atoms with E-state index in [1.165, 1.54) is 0 Å². The van der Waals surface area contributed by atoms with E-state index in [0.717, 1.165) is 4.68 Å². The first-order chi connectivity index (χ1) is 6.20. The maximum atomic E-state index is 11.4. The van der Waals surface area contributed by atoms with Gasteiger partial charge in [-0.05, 0) is 24.4 Å². The molecule has 2 aromatic rings. The van der Waals surface area contributed by atoms with E-state index >= 15 is 0 Å². The normalized spacial score (nSPS) is 9.71. The van der Waals surface area contributed by atoms with E-state index in [4.69, 9.17) is 18.1 Å². The molecule has 0 bridgehead atoms. The van der Waals surface area contributed by atoms with E-state index in [1.54, 1.807) is 18.3 Å². The number of hydrogen-bond acceptors (Lipinski definition) is 5. The van der Waals surface area contributed by atoms with E-state index in [0.29, 0.717) is 11.0 Å². The molecule has 0 atom stereocenters. The average Bonchev–Trinajstić information content (AvgIpc) is 2.15. The molecule has 2 rings (SSSR count). The Morgan fingerprint density at radius 2 is 2.21 bits per heavy atom. The fourth-order valence-electron chi connectivity index (χ4n) is 1.01. The fourth-order valence-corrected chi connectivity index (χ4v) is 1.18. The molecule has 0 spiro atoms. The van der Waals surface area contributed by atoms with Gasteiger partial charge in [0, 0.05) is 17.5 Å². The van der Waals surface area contributed by atoms with Gasteiger partial charge in [0.1, 0.15) is 0 Å². The van der Waals surface area contributed by atoms with Gasteiger partial charge >= 0.3 is 51.4 Å². The predicted molar refractivity (Wildman–Crippen MR) is 48.0 cm³/mol. The number of nitrogens with two attached hydrogens (primary N) is 1. The first-order valence-electron chi connectivity index (χ1n) is 3.50. The summed E-state index contributed by atoms with van der Waals surface area (Å²) in [6.07, 6.45) is 1.55. The van der Waals surface area contributed by atoms with Gasteiger partial charge in [-0.2, -0.15) is 4.98 Å². The van der Waals surface area contributed by atoms with Crippen molar-refractivity contribution in [1.82, 2.24) is 14.6 Å². The van der Waals surface area contributed by atoms with Crippen LogP contribution in [0.3, 0.4) is 0 Å². The molecule has 0 aliphatic heterocycles. The van der Waals surface area contributed by atoms with Crippen molar-refractivity contribution in [1.29, 1.82) is 0 Å². The van der Waals surface area contributed by atoms with Gasteiger partial charge in [0.2, 0.25) is 4.77 Å². The molecule has 0 aliphatic carbocycles. The Labute approximate surface area is 127 Å². The van der Waals surface area contributed by atoms with Crippen LogP contribution in [0.1, 0.15) is 0 Å². The molecule has 0 saturated carbocycles. The Hall–Kier alpha value is -0.0536. The monoisotopic (exact) mass is 232 g/mol. The van der Waals surface area contributed by atoms with Gasteiger partial charge in [0.25, 0.3) is 0 Å². The molecule has 2 N–H and O–H groups in total. The van der Waals surface area contributed by atoms with Crippen LogP contribution in [0, 0.1) is 4.77 Å². The summed E-state index contributed by atoms with van der Waals surface area (Å²) in [5, 5.41) is 11.8. The Morgan fingerprint density at radius 3 is 2.93 bits per heavy atom. The van der Waals surface area contributed by atoms with Crippen molar-refractivity contribution in [2.24, 2.45) is 0 Å². The summed E-state index contributed by atoms with van der Waals surface area (Å²) in [6.45, 7) is 0. The molecule has 0 aliphatic rings. The topological polar surface area (TPSA) is 79.8 Å². The zero-order valence-corrected chi connectivity index (χ0v) is 11.4. The number of pyridine rings is 1. The molecule has 66 valence electrons. The van der Waals surface area contributed by atoms with E-state index in [1.807, 2.05) is 0 Å². The van der Waals surface area contributed by atoms with Crippen LogP contribution in [-0.2, 0) is 0 Å². The zero-order chi connectivity index (χ0) is 9.42. The van der Waals surface area contributed by atoms with Gasteiger partial charge < -0.3 is 10.9 Å². The third-order valence-electron chi connectivity index (χ3n) is 1.64. The van der Waals surface area contributed by atoms with Gasteiger partial charge in [-0.3, -0.25) is 0 Å². The predicted octanol–water partition coefficient (Wildman–Crippen LogP) is -3.05. The first kappa shape index (κ1) is 12.0. The van der Waals surface area contributed by atoms with Crippen molar-refractivity contribution in [2.75, 3.05) is 5.84 Å². The number of hydrogen-bond donors (Lipinski definition) is 1. The van der Waals surface area contributed by atoms with Gasteiger partial charge in [0.05, 0.1) is 0 Å². The van der Waals surface area contributed by atoms with E-state index in [-0.39, 0.29) is 62.0 Å². The maximum absolute atomic E-state index is 11.4. The number of aromatic nitrogens is 3. The molecule has 0 aromatic carbocycles. The molecule has 0 unspecified atom stereocenters. The maximum Gasteiger partial charge on any atom is 1.00 e. The van der Waals surface area contributed by atoms with E-state index in [9.17, 15) is 5.11 Å².